The fourth-order valence-electron chi connectivity index (χ4n) is 2.42. The zero-order valence-electron chi connectivity index (χ0n) is 12.1. The summed E-state index contributed by atoms with van der Waals surface area (Å²) in [7, 11) is 0. The highest BCUT2D eigenvalue weighted by Crippen LogP contribution is 2.24. The molecule has 2 heteroatoms. The summed E-state index contributed by atoms with van der Waals surface area (Å²) in [4.78, 5) is 0. The number of hydrogen-bond donors (Lipinski definition) is 1. The molecule has 0 aliphatic heterocycles. The summed E-state index contributed by atoms with van der Waals surface area (Å²) in [5.41, 5.74) is 10.0. The molecule has 0 aliphatic rings. The summed E-state index contributed by atoms with van der Waals surface area (Å²) in [6.07, 6.45) is 0.991. The third-order valence-corrected chi connectivity index (χ3v) is 4.23. The molecule has 0 aromatic heterocycles. The van der Waals surface area contributed by atoms with E-state index in [1.165, 1.54) is 16.7 Å². The number of rotatable bonds is 5. The molecule has 0 fully saturated rings. The Labute approximate surface area is 130 Å². The molecule has 2 aromatic rings. The van der Waals surface area contributed by atoms with Crippen molar-refractivity contribution in [2.75, 3.05) is 6.54 Å². The topological polar surface area (TPSA) is 26.0 Å². The average molecular weight is 332 g/mol. The van der Waals surface area contributed by atoms with Crippen LogP contribution < -0.4 is 5.73 Å². The smallest absolute Gasteiger partial charge is 0.0178 e. The molecule has 106 valence electrons. The second-order valence-electron chi connectivity index (χ2n) is 5.59. The fraction of sp³-hybridized carbons (Fsp3) is 0.333. The number of benzene rings is 2. The van der Waals surface area contributed by atoms with Crippen LogP contribution >= 0.6 is 15.9 Å². The predicted molar refractivity (Wildman–Crippen MR) is 90.2 cm³/mol. The molecule has 0 spiro atoms. The Morgan fingerprint density at radius 2 is 1.70 bits per heavy atom. The Morgan fingerprint density at radius 3 is 2.25 bits per heavy atom. The van der Waals surface area contributed by atoms with E-state index in [-0.39, 0.29) is 0 Å². The van der Waals surface area contributed by atoms with Crippen LogP contribution in [0.3, 0.4) is 0 Å². The van der Waals surface area contributed by atoms with E-state index in [0.717, 1.165) is 10.9 Å². The molecular weight excluding hydrogens is 310 g/mol. The van der Waals surface area contributed by atoms with Gasteiger partial charge in [0.05, 0.1) is 0 Å². The highest BCUT2D eigenvalue weighted by Gasteiger charge is 2.11. The van der Waals surface area contributed by atoms with Crippen molar-refractivity contribution in [1.29, 1.82) is 0 Å². The molecule has 0 heterocycles. The van der Waals surface area contributed by atoms with Gasteiger partial charge in [0.25, 0.3) is 0 Å². The normalized spacial score (nSPS) is 12.7. The van der Waals surface area contributed by atoms with E-state index in [2.05, 4.69) is 78.3 Å². The average Bonchev–Trinajstić information content (AvgIpc) is 2.45. The van der Waals surface area contributed by atoms with E-state index in [1.54, 1.807) is 0 Å². The van der Waals surface area contributed by atoms with E-state index in [9.17, 15) is 0 Å². The Balaban J connectivity index is 2.14. The van der Waals surface area contributed by atoms with Crippen LogP contribution in [0.1, 0.15) is 42.4 Å². The molecule has 0 saturated carbocycles. The Hall–Kier alpha value is -1.12. The van der Waals surface area contributed by atoms with Crippen LogP contribution in [0.15, 0.2) is 53.0 Å². The van der Waals surface area contributed by atoms with Gasteiger partial charge in [0.2, 0.25) is 0 Å². The van der Waals surface area contributed by atoms with Gasteiger partial charge in [-0.3, -0.25) is 0 Å². The van der Waals surface area contributed by atoms with E-state index in [4.69, 9.17) is 5.73 Å². The van der Waals surface area contributed by atoms with Gasteiger partial charge < -0.3 is 5.73 Å². The zero-order chi connectivity index (χ0) is 14.5. The fourth-order valence-corrected chi connectivity index (χ4v) is 2.84. The molecule has 0 aliphatic carbocycles. The Kier molecular flexibility index (Phi) is 5.38. The number of hydrogen-bond acceptors (Lipinski definition) is 1. The minimum absolute atomic E-state index is 0.373. The minimum Gasteiger partial charge on any atom is -0.330 e. The summed E-state index contributed by atoms with van der Waals surface area (Å²) in [5.74, 6) is 0.955. The lowest BCUT2D eigenvalue weighted by Gasteiger charge is -2.16. The molecular formula is C18H22BrN. The van der Waals surface area contributed by atoms with Gasteiger partial charge in [0.1, 0.15) is 0 Å². The van der Waals surface area contributed by atoms with Crippen molar-refractivity contribution in [1.82, 2.24) is 0 Å². The Morgan fingerprint density at radius 1 is 1.00 bits per heavy atom. The molecule has 0 amide bonds. The van der Waals surface area contributed by atoms with Crippen molar-refractivity contribution >= 4 is 15.9 Å². The second kappa shape index (κ2) is 7.05. The maximum Gasteiger partial charge on any atom is 0.0178 e. The molecule has 20 heavy (non-hydrogen) atoms. The van der Waals surface area contributed by atoms with Crippen LogP contribution in [0.2, 0.25) is 0 Å². The standard InChI is InChI=1S/C18H22BrN/c1-13(2)15-8-6-14(7-9-15)10-17(12-20)16-4-3-5-18(19)11-16/h3-9,11,13,17H,10,12,20H2,1-2H3. The van der Waals surface area contributed by atoms with Crippen molar-refractivity contribution < 1.29 is 0 Å². The number of nitrogens with two attached hydrogens (primary N) is 1. The summed E-state index contributed by atoms with van der Waals surface area (Å²) in [6.45, 7) is 5.11. The van der Waals surface area contributed by atoms with Gasteiger partial charge in [-0.2, -0.15) is 0 Å². The summed E-state index contributed by atoms with van der Waals surface area (Å²) in [6, 6.07) is 17.4. The van der Waals surface area contributed by atoms with Crippen LogP contribution in [0.5, 0.6) is 0 Å². The largest absolute Gasteiger partial charge is 0.330 e. The molecule has 2 rings (SSSR count). The van der Waals surface area contributed by atoms with Gasteiger partial charge in [-0.05, 0) is 47.7 Å². The van der Waals surface area contributed by atoms with Crippen molar-refractivity contribution in [2.45, 2.75) is 32.1 Å². The van der Waals surface area contributed by atoms with E-state index in [0.29, 0.717) is 18.4 Å². The summed E-state index contributed by atoms with van der Waals surface area (Å²) < 4.78 is 1.11. The van der Waals surface area contributed by atoms with Crippen molar-refractivity contribution in [3.63, 3.8) is 0 Å². The molecule has 2 aromatic carbocycles. The zero-order valence-corrected chi connectivity index (χ0v) is 13.7. The van der Waals surface area contributed by atoms with Gasteiger partial charge in [-0.15, -0.1) is 0 Å². The third kappa shape index (κ3) is 3.94. The maximum atomic E-state index is 5.97. The van der Waals surface area contributed by atoms with Gasteiger partial charge in [-0.25, -0.2) is 0 Å². The highest BCUT2D eigenvalue weighted by molar-refractivity contribution is 9.10. The second-order valence-corrected chi connectivity index (χ2v) is 6.50. The molecule has 1 nitrogen and oxygen atoms in total. The Bertz CT molecular complexity index is 546. The lowest BCUT2D eigenvalue weighted by molar-refractivity contribution is 0.693. The monoisotopic (exact) mass is 331 g/mol. The maximum absolute atomic E-state index is 5.97. The molecule has 0 saturated heterocycles. The van der Waals surface area contributed by atoms with Crippen LogP contribution in [-0.2, 0) is 6.42 Å². The van der Waals surface area contributed by atoms with Crippen molar-refractivity contribution in [3.05, 3.63) is 69.7 Å². The van der Waals surface area contributed by atoms with Gasteiger partial charge in [0.15, 0.2) is 0 Å². The van der Waals surface area contributed by atoms with Crippen LogP contribution in [-0.4, -0.2) is 6.54 Å². The van der Waals surface area contributed by atoms with Crippen LogP contribution in [0.25, 0.3) is 0 Å². The van der Waals surface area contributed by atoms with E-state index in [1.807, 2.05) is 0 Å². The lowest BCUT2D eigenvalue weighted by Crippen LogP contribution is -2.15. The molecule has 0 radical (unpaired) electrons. The molecule has 1 atom stereocenters. The first-order valence-corrected chi connectivity index (χ1v) is 7.94. The number of halogens is 1. The summed E-state index contributed by atoms with van der Waals surface area (Å²) in [5, 5.41) is 0. The minimum atomic E-state index is 0.373. The van der Waals surface area contributed by atoms with Crippen LogP contribution in [0.4, 0.5) is 0 Å². The lowest BCUT2D eigenvalue weighted by atomic mass is 9.91. The first-order valence-electron chi connectivity index (χ1n) is 7.14. The van der Waals surface area contributed by atoms with Gasteiger partial charge >= 0.3 is 0 Å². The summed E-state index contributed by atoms with van der Waals surface area (Å²) >= 11 is 3.53. The first-order chi connectivity index (χ1) is 9.60. The van der Waals surface area contributed by atoms with Crippen molar-refractivity contribution in [2.24, 2.45) is 5.73 Å². The molecule has 1 unspecified atom stereocenters. The molecule has 2 N–H and O–H groups in total. The first kappa shape index (κ1) is 15.3. The van der Waals surface area contributed by atoms with Gasteiger partial charge in [-0.1, -0.05) is 66.2 Å². The third-order valence-electron chi connectivity index (χ3n) is 3.73. The quantitative estimate of drug-likeness (QED) is 0.831. The van der Waals surface area contributed by atoms with Crippen LogP contribution in [0, 0.1) is 0 Å². The molecule has 0 bridgehead atoms. The van der Waals surface area contributed by atoms with Crippen molar-refractivity contribution in [3.8, 4) is 0 Å². The highest BCUT2D eigenvalue weighted by atomic mass is 79.9. The predicted octanol–water partition coefficient (Wildman–Crippen LogP) is 4.86. The van der Waals surface area contributed by atoms with E-state index < -0.39 is 0 Å². The van der Waals surface area contributed by atoms with E-state index >= 15 is 0 Å². The van der Waals surface area contributed by atoms with Gasteiger partial charge in [0, 0.05) is 10.4 Å². The SMILES string of the molecule is CC(C)c1ccc(CC(CN)c2cccc(Br)c2)cc1.